The molecule has 1 amide bonds. The molecule has 0 spiro atoms. The molecule has 0 radical (unpaired) electrons. The third kappa shape index (κ3) is 3.52. The van der Waals surface area contributed by atoms with E-state index >= 15 is 0 Å². The van der Waals surface area contributed by atoms with Gasteiger partial charge in [-0.25, -0.2) is 4.98 Å². The lowest BCUT2D eigenvalue weighted by molar-refractivity contribution is -0.115. The van der Waals surface area contributed by atoms with Crippen LogP contribution in [0.2, 0.25) is 0 Å². The zero-order chi connectivity index (χ0) is 15.4. The molecular formula is C16H14N2O2S2. The molecule has 0 unspecified atom stereocenters. The van der Waals surface area contributed by atoms with E-state index in [0.717, 1.165) is 27.0 Å². The quantitative estimate of drug-likeness (QED) is 0.767. The van der Waals surface area contributed by atoms with Crippen LogP contribution in [0, 0.1) is 0 Å². The molecule has 0 bridgehead atoms. The van der Waals surface area contributed by atoms with E-state index in [2.05, 4.69) is 10.3 Å². The summed E-state index contributed by atoms with van der Waals surface area (Å²) in [5, 5.41) is 7.77. The van der Waals surface area contributed by atoms with Crippen molar-refractivity contribution in [3.05, 3.63) is 52.9 Å². The molecular weight excluding hydrogens is 316 g/mol. The lowest BCUT2D eigenvalue weighted by Crippen LogP contribution is -2.14. The highest BCUT2D eigenvalue weighted by atomic mass is 32.1. The first kappa shape index (κ1) is 14.7. The van der Waals surface area contributed by atoms with Crippen molar-refractivity contribution in [1.29, 1.82) is 0 Å². The molecule has 0 aliphatic carbocycles. The van der Waals surface area contributed by atoms with Gasteiger partial charge < -0.3 is 10.1 Å². The Bertz CT molecular complexity index is 749. The fraction of sp³-hybridized carbons (Fsp3) is 0.125. The Labute approximate surface area is 136 Å². The summed E-state index contributed by atoms with van der Waals surface area (Å²) in [7, 11) is 1.61. The number of hydrogen-bond acceptors (Lipinski definition) is 5. The molecule has 3 rings (SSSR count). The third-order valence-electron chi connectivity index (χ3n) is 3.00. The van der Waals surface area contributed by atoms with Crippen molar-refractivity contribution in [3.63, 3.8) is 0 Å². The number of methoxy groups -OCH3 is 1. The van der Waals surface area contributed by atoms with Gasteiger partial charge in [0, 0.05) is 11.1 Å². The van der Waals surface area contributed by atoms with Crippen LogP contribution in [0.5, 0.6) is 5.75 Å². The molecule has 6 heteroatoms. The first-order valence-corrected chi connectivity index (χ1v) is 8.43. The number of benzene rings is 1. The number of carbonyl (C=O) groups excluding carboxylic acids is 1. The van der Waals surface area contributed by atoms with E-state index in [1.54, 1.807) is 29.8 Å². The Morgan fingerprint density at radius 1 is 1.23 bits per heavy atom. The van der Waals surface area contributed by atoms with E-state index in [4.69, 9.17) is 4.74 Å². The highest BCUT2D eigenvalue weighted by Crippen LogP contribution is 2.28. The molecule has 2 aromatic heterocycles. The Kier molecular flexibility index (Phi) is 4.50. The first-order valence-electron chi connectivity index (χ1n) is 6.67. The van der Waals surface area contributed by atoms with Crippen LogP contribution in [0.4, 0.5) is 5.69 Å². The van der Waals surface area contributed by atoms with Crippen molar-refractivity contribution >= 4 is 34.3 Å². The van der Waals surface area contributed by atoms with Crippen molar-refractivity contribution in [1.82, 2.24) is 4.98 Å². The fourth-order valence-electron chi connectivity index (χ4n) is 1.95. The zero-order valence-corrected chi connectivity index (χ0v) is 13.5. The van der Waals surface area contributed by atoms with E-state index in [0.29, 0.717) is 0 Å². The molecule has 0 saturated carbocycles. The topological polar surface area (TPSA) is 51.2 Å². The van der Waals surface area contributed by atoms with Crippen molar-refractivity contribution in [2.24, 2.45) is 0 Å². The molecule has 4 nitrogen and oxygen atoms in total. The van der Waals surface area contributed by atoms with Crippen LogP contribution in [0.1, 0.15) is 5.69 Å². The minimum absolute atomic E-state index is 0.0757. The summed E-state index contributed by atoms with van der Waals surface area (Å²) in [6, 6.07) is 11.3. The lowest BCUT2D eigenvalue weighted by Gasteiger charge is -2.05. The number of aromatic nitrogens is 1. The van der Waals surface area contributed by atoms with Crippen LogP contribution < -0.4 is 10.1 Å². The second kappa shape index (κ2) is 6.72. The molecule has 2 heterocycles. The number of nitrogens with zero attached hydrogens (tertiary/aromatic N) is 1. The molecule has 3 aromatic rings. The average molecular weight is 330 g/mol. The second-order valence-corrected chi connectivity index (χ2v) is 6.38. The number of ether oxygens (including phenoxy) is 1. The van der Waals surface area contributed by atoms with Gasteiger partial charge in [0.2, 0.25) is 5.91 Å². The molecule has 112 valence electrons. The van der Waals surface area contributed by atoms with Crippen LogP contribution in [0.25, 0.3) is 9.88 Å². The molecule has 0 aliphatic heterocycles. The smallest absolute Gasteiger partial charge is 0.230 e. The molecule has 1 aromatic carbocycles. The monoisotopic (exact) mass is 330 g/mol. The van der Waals surface area contributed by atoms with Crippen LogP contribution in [0.3, 0.4) is 0 Å². The maximum Gasteiger partial charge on any atom is 0.230 e. The predicted octanol–water partition coefficient (Wildman–Crippen LogP) is 4.06. The maximum absolute atomic E-state index is 12.1. The summed E-state index contributed by atoms with van der Waals surface area (Å²) in [4.78, 5) is 17.7. The number of anilines is 1. The van der Waals surface area contributed by atoms with Crippen LogP contribution >= 0.6 is 22.7 Å². The van der Waals surface area contributed by atoms with Gasteiger partial charge in [-0.15, -0.1) is 22.7 Å². The zero-order valence-electron chi connectivity index (χ0n) is 11.9. The summed E-state index contributed by atoms with van der Waals surface area (Å²) in [5.41, 5.74) is 1.54. The standard InChI is InChI=1S/C16H14N2O2S2/c1-20-13-6-4-11(5-7-13)17-15(19)9-12-10-22-16(18-12)14-3-2-8-21-14/h2-8,10H,9H2,1H3,(H,17,19). The lowest BCUT2D eigenvalue weighted by atomic mass is 10.2. The summed E-state index contributed by atoms with van der Waals surface area (Å²) >= 11 is 3.21. The maximum atomic E-state index is 12.1. The Morgan fingerprint density at radius 3 is 2.73 bits per heavy atom. The molecule has 0 aliphatic rings. The van der Waals surface area contributed by atoms with Crippen LogP contribution in [-0.4, -0.2) is 18.0 Å². The van der Waals surface area contributed by atoms with Gasteiger partial charge >= 0.3 is 0 Å². The fourth-order valence-corrected chi connectivity index (χ4v) is 3.58. The van der Waals surface area contributed by atoms with Gasteiger partial charge in [-0.1, -0.05) is 6.07 Å². The number of amides is 1. The van der Waals surface area contributed by atoms with E-state index < -0.39 is 0 Å². The van der Waals surface area contributed by atoms with E-state index in [9.17, 15) is 4.79 Å². The predicted molar refractivity (Wildman–Crippen MR) is 90.8 cm³/mol. The number of rotatable bonds is 5. The van der Waals surface area contributed by atoms with Crippen molar-refractivity contribution in [2.45, 2.75) is 6.42 Å². The largest absolute Gasteiger partial charge is 0.497 e. The van der Waals surface area contributed by atoms with Gasteiger partial charge in [-0.05, 0) is 35.7 Å². The van der Waals surface area contributed by atoms with Crippen LogP contribution in [-0.2, 0) is 11.2 Å². The molecule has 0 fully saturated rings. The van der Waals surface area contributed by atoms with Gasteiger partial charge in [0.25, 0.3) is 0 Å². The highest BCUT2D eigenvalue weighted by molar-refractivity contribution is 7.20. The second-order valence-electron chi connectivity index (χ2n) is 4.57. The minimum atomic E-state index is -0.0757. The number of thiazole rings is 1. The summed E-state index contributed by atoms with van der Waals surface area (Å²) in [6.07, 6.45) is 0.272. The molecule has 1 N–H and O–H groups in total. The summed E-state index contributed by atoms with van der Waals surface area (Å²) < 4.78 is 5.09. The molecule has 22 heavy (non-hydrogen) atoms. The SMILES string of the molecule is COc1ccc(NC(=O)Cc2csc(-c3cccs3)n2)cc1. The Hall–Kier alpha value is -2.18. The number of nitrogens with one attached hydrogen (secondary N) is 1. The number of carbonyl (C=O) groups is 1. The first-order chi connectivity index (χ1) is 10.7. The Morgan fingerprint density at radius 2 is 2.05 bits per heavy atom. The highest BCUT2D eigenvalue weighted by Gasteiger charge is 2.10. The van der Waals surface area contributed by atoms with Crippen molar-refractivity contribution < 1.29 is 9.53 Å². The summed E-state index contributed by atoms with van der Waals surface area (Å²) in [6.45, 7) is 0. The average Bonchev–Trinajstić information content (AvgIpc) is 3.19. The van der Waals surface area contributed by atoms with E-state index in [1.165, 1.54) is 0 Å². The molecule has 0 atom stereocenters. The normalized spacial score (nSPS) is 10.4. The van der Waals surface area contributed by atoms with E-state index in [1.807, 2.05) is 47.2 Å². The van der Waals surface area contributed by atoms with Gasteiger partial charge in [0.1, 0.15) is 10.8 Å². The van der Waals surface area contributed by atoms with Crippen LogP contribution in [0.15, 0.2) is 47.2 Å². The summed E-state index contributed by atoms with van der Waals surface area (Å²) in [5.74, 6) is 0.686. The van der Waals surface area contributed by atoms with E-state index in [-0.39, 0.29) is 12.3 Å². The third-order valence-corrected chi connectivity index (χ3v) is 4.93. The van der Waals surface area contributed by atoms with Gasteiger partial charge in [-0.2, -0.15) is 0 Å². The van der Waals surface area contributed by atoms with Gasteiger partial charge in [0.15, 0.2) is 0 Å². The minimum Gasteiger partial charge on any atom is -0.497 e. The van der Waals surface area contributed by atoms with Gasteiger partial charge in [0.05, 0.1) is 24.1 Å². The van der Waals surface area contributed by atoms with Gasteiger partial charge in [-0.3, -0.25) is 4.79 Å². The molecule has 0 saturated heterocycles. The number of hydrogen-bond donors (Lipinski definition) is 1. The number of thiophene rings is 1. The Balaban J connectivity index is 1.61. The van der Waals surface area contributed by atoms with Crippen molar-refractivity contribution in [3.8, 4) is 15.6 Å². The van der Waals surface area contributed by atoms with Crippen molar-refractivity contribution in [2.75, 3.05) is 12.4 Å².